The summed E-state index contributed by atoms with van der Waals surface area (Å²) in [6, 6.07) is 15.3. The lowest BCUT2D eigenvalue weighted by molar-refractivity contribution is -0.146. The van der Waals surface area contributed by atoms with Gasteiger partial charge in [0.2, 0.25) is 10.0 Å². The number of carboxylic acids is 1. The van der Waals surface area contributed by atoms with Crippen LogP contribution in [0.2, 0.25) is 0 Å². The van der Waals surface area contributed by atoms with E-state index in [4.69, 9.17) is 0 Å². The van der Waals surface area contributed by atoms with Gasteiger partial charge in [0, 0.05) is 12.1 Å². The van der Waals surface area contributed by atoms with E-state index in [9.17, 15) is 18.3 Å². The number of aliphatic carboxylic acids is 1. The van der Waals surface area contributed by atoms with Gasteiger partial charge in [0.05, 0.1) is 4.90 Å². The van der Waals surface area contributed by atoms with Gasteiger partial charge in [-0.25, -0.2) is 8.42 Å². The van der Waals surface area contributed by atoms with Crippen LogP contribution in [-0.4, -0.2) is 36.4 Å². The molecule has 3 unspecified atom stereocenters. The number of rotatable bonds is 4. The quantitative estimate of drug-likeness (QED) is 0.843. The molecule has 2 aliphatic rings. The van der Waals surface area contributed by atoms with E-state index >= 15 is 0 Å². The average molecular weight is 400 g/mol. The van der Waals surface area contributed by atoms with Crippen molar-refractivity contribution in [2.45, 2.75) is 43.0 Å². The van der Waals surface area contributed by atoms with Crippen molar-refractivity contribution >= 4 is 16.0 Å². The summed E-state index contributed by atoms with van der Waals surface area (Å²) in [6.07, 6.45) is 4.61. The fourth-order valence-electron chi connectivity index (χ4n) is 4.91. The lowest BCUT2D eigenvalue weighted by Crippen LogP contribution is -2.56. The second kappa shape index (κ2) is 7.68. The molecule has 1 saturated carbocycles. The summed E-state index contributed by atoms with van der Waals surface area (Å²) < 4.78 is 28.5. The molecular weight excluding hydrogens is 374 g/mol. The van der Waals surface area contributed by atoms with Gasteiger partial charge < -0.3 is 5.11 Å². The number of benzene rings is 2. The molecule has 0 radical (unpaired) electrons. The summed E-state index contributed by atoms with van der Waals surface area (Å²) in [7, 11) is -3.93. The molecule has 4 rings (SSSR count). The second-order valence-corrected chi connectivity index (χ2v) is 9.62. The highest BCUT2D eigenvalue weighted by molar-refractivity contribution is 7.89. The molecule has 0 aromatic heterocycles. The van der Waals surface area contributed by atoms with Crippen LogP contribution in [0.15, 0.2) is 59.5 Å². The third kappa shape index (κ3) is 3.35. The zero-order chi connectivity index (χ0) is 19.7. The Kier molecular flexibility index (Phi) is 5.25. The summed E-state index contributed by atoms with van der Waals surface area (Å²) in [4.78, 5) is 12.3. The second-order valence-electron chi connectivity index (χ2n) is 7.76. The van der Waals surface area contributed by atoms with Crippen LogP contribution in [0.4, 0.5) is 0 Å². The first-order chi connectivity index (χ1) is 13.5. The Hall–Kier alpha value is -2.18. The van der Waals surface area contributed by atoms with Crippen LogP contribution >= 0.6 is 0 Å². The molecule has 2 fully saturated rings. The third-order valence-corrected chi connectivity index (χ3v) is 8.15. The van der Waals surface area contributed by atoms with Gasteiger partial charge in [-0.05, 0) is 36.3 Å². The number of hydrogen-bond donors (Lipinski definition) is 1. The topological polar surface area (TPSA) is 74.7 Å². The zero-order valence-corrected chi connectivity index (χ0v) is 16.5. The van der Waals surface area contributed by atoms with Crippen LogP contribution in [0.3, 0.4) is 0 Å². The largest absolute Gasteiger partial charge is 0.480 e. The molecule has 1 aliphatic heterocycles. The van der Waals surface area contributed by atoms with Crippen LogP contribution < -0.4 is 0 Å². The van der Waals surface area contributed by atoms with Gasteiger partial charge in [0.25, 0.3) is 0 Å². The molecule has 1 heterocycles. The fraction of sp³-hybridized carbons (Fsp3) is 0.409. The van der Waals surface area contributed by atoms with Crippen molar-refractivity contribution in [3.05, 3.63) is 54.6 Å². The maximum atomic E-state index is 13.6. The van der Waals surface area contributed by atoms with Crippen molar-refractivity contribution < 1.29 is 18.3 Å². The first-order valence-electron chi connectivity index (χ1n) is 9.89. The Bertz CT molecular complexity index is 958. The molecule has 0 amide bonds. The molecule has 148 valence electrons. The fourth-order valence-corrected chi connectivity index (χ4v) is 6.76. The van der Waals surface area contributed by atoms with E-state index in [0.29, 0.717) is 11.5 Å². The van der Waals surface area contributed by atoms with E-state index < -0.39 is 22.0 Å². The first kappa shape index (κ1) is 19.2. The summed E-state index contributed by atoms with van der Waals surface area (Å²) in [5.41, 5.74) is 1.42. The van der Waals surface area contributed by atoms with Crippen molar-refractivity contribution in [3.8, 4) is 11.1 Å². The van der Waals surface area contributed by atoms with Gasteiger partial charge in [-0.3, -0.25) is 4.79 Å². The number of fused-ring (bicyclic) bond motifs is 1. The predicted molar refractivity (Wildman–Crippen MR) is 107 cm³/mol. The minimum atomic E-state index is -3.93. The van der Waals surface area contributed by atoms with E-state index in [2.05, 4.69) is 0 Å². The van der Waals surface area contributed by atoms with Gasteiger partial charge in [-0.1, -0.05) is 67.8 Å². The summed E-state index contributed by atoms with van der Waals surface area (Å²) in [5, 5.41) is 9.94. The van der Waals surface area contributed by atoms with Crippen molar-refractivity contribution in [1.82, 2.24) is 4.31 Å². The monoisotopic (exact) mass is 399 g/mol. The smallest absolute Gasteiger partial charge is 0.322 e. The molecule has 1 saturated heterocycles. The van der Waals surface area contributed by atoms with E-state index in [1.165, 1.54) is 4.31 Å². The minimum absolute atomic E-state index is 0.0985. The molecule has 0 spiro atoms. The molecule has 2 aromatic rings. The van der Waals surface area contributed by atoms with Gasteiger partial charge in [0.1, 0.15) is 6.04 Å². The van der Waals surface area contributed by atoms with E-state index in [1.54, 1.807) is 18.2 Å². The number of carbonyl (C=O) groups is 1. The van der Waals surface area contributed by atoms with Crippen LogP contribution in [0.1, 0.15) is 32.1 Å². The lowest BCUT2D eigenvalue weighted by atomic mass is 9.71. The average Bonchev–Trinajstić information content (AvgIpc) is 2.73. The van der Waals surface area contributed by atoms with Gasteiger partial charge >= 0.3 is 5.97 Å². The van der Waals surface area contributed by atoms with Crippen LogP contribution in [-0.2, 0) is 14.8 Å². The highest BCUT2D eigenvalue weighted by Gasteiger charge is 2.48. The highest BCUT2D eigenvalue weighted by atomic mass is 32.2. The van der Waals surface area contributed by atoms with E-state index in [1.807, 2.05) is 36.4 Å². The van der Waals surface area contributed by atoms with Crippen molar-refractivity contribution in [2.75, 3.05) is 6.54 Å². The maximum absolute atomic E-state index is 13.6. The molecule has 1 aliphatic carbocycles. The van der Waals surface area contributed by atoms with Crippen LogP contribution in [0.25, 0.3) is 11.1 Å². The molecule has 6 heteroatoms. The molecule has 5 nitrogen and oxygen atoms in total. The Labute approximate surface area is 166 Å². The van der Waals surface area contributed by atoms with E-state index in [0.717, 1.165) is 37.7 Å². The SMILES string of the molecule is O=C(O)C1C2CCCCC2CCN1S(=O)(=O)c1ccccc1-c1ccccc1. The normalized spacial score (nSPS) is 25.8. The molecule has 2 aromatic carbocycles. The standard InChI is InChI=1S/C22H25NO4S/c24-22(25)21-19-12-5-4-10-17(19)14-15-23(21)28(26,27)20-13-7-6-11-18(20)16-8-2-1-3-9-16/h1-3,6-9,11,13,17,19,21H,4-5,10,12,14-15H2,(H,24,25). The third-order valence-electron chi connectivity index (χ3n) is 6.22. The molecule has 0 bridgehead atoms. The Morgan fingerprint density at radius 1 is 0.929 bits per heavy atom. The highest BCUT2D eigenvalue weighted by Crippen LogP contribution is 2.42. The summed E-state index contributed by atoms with van der Waals surface area (Å²) in [5.74, 6) is -0.818. The van der Waals surface area contributed by atoms with Crippen molar-refractivity contribution in [3.63, 3.8) is 0 Å². The number of hydrogen-bond acceptors (Lipinski definition) is 3. The predicted octanol–water partition coefficient (Wildman–Crippen LogP) is 4.01. The summed E-state index contributed by atoms with van der Waals surface area (Å²) >= 11 is 0. The number of piperidine rings is 1. The number of nitrogens with zero attached hydrogens (tertiary/aromatic N) is 1. The number of carboxylic acid groups (broad SMARTS) is 1. The number of sulfonamides is 1. The van der Waals surface area contributed by atoms with Gasteiger partial charge in [-0.15, -0.1) is 0 Å². The molecule has 3 atom stereocenters. The molecule has 28 heavy (non-hydrogen) atoms. The first-order valence-corrected chi connectivity index (χ1v) is 11.3. The molecule has 1 N–H and O–H groups in total. The summed E-state index contributed by atoms with van der Waals surface area (Å²) in [6.45, 7) is 0.267. The molecular formula is C22H25NO4S. The zero-order valence-electron chi connectivity index (χ0n) is 15.7. The van der Waals surface area contributed by atoms with E-state index in [-0.39, 0.29) is 17.4 Å². The lowest BCUT2D eigenvalue weighted by Gasteiger charge is -2.45. The van der Waals surface area contributed by atoms with Gasteiger partial charge in [-0.2, -0.15) is 4.31 Å². The Balaban J connectivity index is 1.77. The minimum Gasteiger partial charge on any atom is -0.480 e. The van der Waals surface area contributed by atoms with Crippen LogP contribution in [0.5, 0.6) is 0 Å². The maximum Gasteiger partial charge on any atom is 0.322 e. The van der Waals surface area contributed by atoms with Gasteiger partial charge in [0.15, 0.2) is 0 Å². The Morgan fingerprint density at radius 3 is 2.36 bits per heavy atom. The van der Waals surface area contributed by atoms with Crippen molar-refractivity contribution in [2.24, 2.45) is 11.8 Å². The van der Waals surface area contributed by atoms with Crippen LogP contribution in [0, 0.1) is 11.8 Å². The van der Waals surface area contributed by atoms with Crippen molar-refractivity contribution in [1.29, 1.82) is 0 Å². The Morgan fingerprint density at radius 2 is 1.61 bits per heavy atom.